The van der Waals surface area contributed by atoms with Crippen LogP contribution in [0.15, 0.2) is 4.42 Å². The maximum absolute atomic E-state index is 11.9. The molecule has 110 valence electrons. The average molecular weight is 282 g/mol. The van der Waals surface area contributed by atoms with Gasteiger partial charge in [-0.1, -0.05) is 5.10 Å². The van der Waals surface area contributed by atoms with Crippen LogP contribution >= 0.6 is 0 Å². The number of anilines is 1. The van der Waals surface area contributed by atoms with Gasteiger partial charge < -0.3 is 9.52 Å². The van der Waals surface area contributed by atoms with Gasteiger partial charge in [-0.3, -0.25) is 19.8 Å². The van der Waals surface area contributed by atoms with E-state index >= 15 is 0 Å². The molecule has 8 nitrogen and oxygen atoms in total. The normalized spacial score (nSPS) is 23.5. The van der Waals surface area contributed by atoms with Gasteiger partial charge in [0.1, 0.15) is 0 Å². The molecule has 0 aromatic carbocycles. The van der Waals surface area contributed by atoms with E-state index < -0.39 is 5.97 Å². The topological polar surface area (TPSA) is 109 Å². The molecule has 0 aliphatic carbocycles. The van der Waals surface area contributed by atoms with E-state index in [0.29, 0.717) is 25.3 Å². The Labute approximate surface area is 116 Å². The molecule has 0 bridgehead atoms. The van der Waals surface area contributed by atoms with E-state index in [1.807, 2.05) is 11.8 Å². The molecule has 1 aliphatic rings. The van der Waals surface area contributed by atoms with Crippen LogP contribution in [0.2, 0.25) is 0 Å². The summed E-state index contributed by atoms with van der Waals surface area (Å²) < 4.78 is 5.07. The van der Waals surface area contributed by atoms with Crippen molar-refractivity contribution < 1.29 is 19.1 Å². The van der Waals surface area contributed by atoms with Crippen LogP contribution in [0.1, 0.15) is 25.7 Å². The van der Waals surface area contributed by atoms with Crippen molar-refractivity contribution in [3.05, 3.63) is 5.89 Å². The summed E-state index contributed by atoms with van der Waals surface area (Å²) in [7, 11) is 0. The van der Waals surface area contributed by atoms with Crippen LogP contribution < -0.4 is 5.32 Å². The SMILES string of the molecule is Cc1nnc(NC(=O)CN2CCC(C(=O)O)CC2C)o1. The van der Waals surface area contributed by atoms with E-state index in [1.54, 1.807) is 6.92 Å². The molecule has 2 unspecified atom stereocenters. The number of aryl methyl sites for hydroxylation is 1. The average Bonchev–Trinajstić information content (AvgIpc) is 2.77. The number of piperidine rings is 1. The van der Waals surface area contributed by atoms with Crippen molar-refractivity contribution in [3.63, 3.8) is 0 Å². The summed E-state index contributed by atoms with van der Waals surface area (Å²) in [6, 6.07) is 0.139. The summed E-state index contributed by atoms with van der Waals surface area (Å²) in [6.07, 6.45) is 1.12. The smallest absolute Gasteiger partial charge is 0.322 e. The summed E-state index contributed by atoms with van der Waals surface area (Å²) in [4.78, 5) is 24.8. The lowest BCUT2D eigenvalue weighted by Crippen LogP contribution is -2.46. The van der Waals surface area contributed by atoms with Gasteiger partial charge in [-0.05, 0) is 26.3 Å². The number of carboxylic acid groups (broad SMARTS) is 1. The van der Waals surface area contributed by atoms with E-state index in [9.17, 15) is 9.59 Å². The van der Waals surface area contributed by atoms with E-state index in [2.05, 4.69) is 15.5 Å². The number of aromatic nitrogens is 2. The Hall–Kier alpha value is -1.96. The zero-order valence-corrected chi connectivity index (χ0v) is 11.5. The van der Waals surface area contributed by atoms with Crippen molar-refractivity contribution >= 4 is 17.9 Å². The summed E-state index contributed by atoms with van der Waals surface area (Å²) >= 11 is 0. The lowest BCUT2D eigenvalue weighted by atomic mass is 9.92. The number of carbonyl (C=O) groups excluding carboxylic acids is 1. The quantitative estimate of drug-likeness (QED) is 0.827. The minimum atomic E-state index is -0.762. The second kappa shape index (κ2) is 6.00. The molecule has 0 spiro atoms. The summed E-state index contributed by atoms with van der Waals surface area (Å²) in [5.41, 5.74) is 0. The predicted octanol–water partition coefficient (Wildman–Crippen LogP) is 0.502. The number of amides is 1. The number of nitrogens with one attached hydrogen (secondary N) is 1. The summed E-state index contributed by atoms with van der Waals surface area (Å²) in [5.74, 6) is -0.935. The third kappa shape index (κ3) is 3.53. The molecule has 20 heavy (non-hydrogen) atoms. The zero-order chi connectivity index (χ0) is 14.7. The van der Waals surface area contributed by atoms with Gasteiger partial charge in [-0.2, -0.15) is 0 Å². The van der Waals surface area contributed by atoms with Gasteiger partial charge >= 0.3 is 12.0 Å². The van der Waals surface area contributed by atoms with Crippen molar-refractivity contribution in [3.8, 4) is 0 Å². The maximum Gasteiger partial charge on any atom is 0.322 e. The van der Waals surface area contributed by atoms with Gasteiger partial charge in [0.25, 0.3) is 0 Å². The number of nitrogens with zero attached hydrogens (tertiary/aromatic N) is 3. The summed E-state index contributed by atoms with van der Waals surface area (Å²) in [5, 5.41) is 18.8. The van der Waals surface area contributed by atoms with Crippen molar-refractivity contribution in [1.29, 1.82) is 0 Å². The Morgan fingerprint density at radius 2 is 2.25 bits per heavy atom. The molecule has 0 radical (unpaired) electrons. The summed E-state index contributed by atoms with van der Waals surface area (Å²) in [6.45, 7) is 4.35. The number of hydrogen-bond acceptors (Lipinski definition) is 6. The fourth-order valence-electron chi connectivity index (χ4n) is 2.37. The van der Waals surface area contributed by atoms with Crippen LogP contribution in [-0.2, 0) is 9.59 Å². The standard InChI is InChI=1S/C12H18N4O4/c1-7-5-9(11(18)19)3-4-16(7)6-10(17)13-12-15-14-8(2)20-12/h7,9H,3-6H2,1-2H3,(H,18,19)(H,13,15,17). The third-order valence-corrected chi connectivity index (χ3v) is 3.48. The van der Waals surface area contributed by atoms with Crippen molar-refractivity contribution in [1.82, 2.24) is 15.1 Å². The highest BCUT2D eigenvalue weighted by Gasteiger charge is 2.30. The maximum atomic E-state index is 11.9. The monoisotopic (exact) mass is 282 g/mol. The minimum Gasteiger partial charge on any atom is -0.481 e. The highest BCUT2D eigenvalue weighted by Crippen LogP contribution is 2.22. The van der Waals surface area contributed by atoms with Crippen LogP contribution in [0.25, 0.3) is 0 Å². The van der Waals surface area contributed by atoms with E-state index in [1.165, 1.54) is 0 Å². The molecule has 1 saturated heterocycles. The number of rotatable bonds is 4. The van der Waals surface area contributed by atoms with Gasteiger partial charge in [0.2, 0.25) is 11.8 Å². The van der Waals surface area contributed by atoms with Gasteiger partial charge in [-0.25, -0.2) is 0 Å². The first-order valence-electron chi connectivity index (χ1n) is 6.52. The van der Waals surface area contributed by atoms with Crippen LogP contribution in [0.4, 0.5) is 6.01 Å². The molecule has 1 fully saturated rings. The largest absolute Gasteiger partial charge is 0.481 e. The molecule has 0 saturated carbocycles. The van der Waals surface area contributed by atoms with Crippen molar-refractivity contribution in [2.45, 2.75) is 32.7 Å². The Morgan fingerprint density at radius 3 is 2.80 bits per heavy atom. The fourth-order valence-corrected chi connectivity index (χ4v) is 2.37. The Morgan fingerprint density at radius 1 is 1.50 bits per heavy atom. The van der Waals surface area contributed by atoms with Crippen LogP contribution in [-0.4, -0.2) is 51.2 Å². The molecule has 2 N–H and O–H groups in total. The number of aliphatic carboxylic acids is 1. The Balaban J connectivity index is 1.84. The van der Waals surface area contributed by atoms with E-state index in [-0.39, 0.29) is 30.4 Å². The third-order valence-electron chi connectivity index (χ3n) is 3.48. The first kappa shape index (κ1) is 14.4. The number of likely N-dealkylation sites (tertiary alicyclic amines) is 1. The molecule has 2 rings (SSSR count). The second-order valence-corrected chi connectivity index (χ2v) is 5.05. The Bertz CT molecular complexity index is 501. The van der Waals surface area contributed by atoms with Gasteiger partial charge in [0.15, 0.2) is 0 Å². The molecule has 1 amide bonds. The van der Waals surface area contributed by atoms with E-state index in [4.69, 9.17) is 9.52 Å². The lowest BCUT2D eigenvalue weighted by Gasteiger charge is -2.35. The van der Waals surface area contributed by atoms with Crippen molar-refractivity contribution in [2.24, 2.45) is 5.92 Å². The first-order valence-corrected chi connectivity index (χ1v) is 6.52. The number of carboxylic acids is 1. The number of carbonyl (C=O) groups is 2. The van der Waals surface area contributed by atoms with E-state index in [0.717, 1.165) is 0 Å². The Kier molecular flexibility index (Phi) is 4.33. The molecule has 1 aromatic rings. The molecule has 2 atom stereocenters. The predicted molar refractivity (Wildman–Crippen MR) is 69.1 cm³/mol. The van der Waals surface area contributed by atoms with Crippen LogP contribution in [0, 0.1) is 12.8 Å². The lowest BCUT2D eigenvalue weighted by molar-refractivity contribution is -0.144. The zero-order valence-electron chi connectivity index (χ0n) is 11.5. The molecular weight excluding hydrogens is 264 g/mol. The van der Waals surface area contributed by atoms with Crippen molar-refractivity contribution in [2.75, 3.05) is 18.4 Å². The number of hydrogen-bond donors (Lipinski definition) is 2. The van der Waals surface area contributed by atoms with Crippen LogP contribution in [0.5, 0.6) is 0 Å². The van der Waals surface area contributed by atoms with Gasteiger partial charge in [0.05, 0.1) is 12.5 Å². The minimum absolute atomic E-state index is 0.0556. The molecule has 1 aliphatic heterocycles. The van der Waals surface area contributed by atoms with Gasteiger partial charge in [0, 0.05) is 13.0 Å². The molecular formula is C12H18N4O4. The second-order valence-electron chi connectivity index (χ2n) is 5.05. The molecule has 2 heterocycles. The first-order chi connectivity index (χ1) is 9.45. The highest BCUT2D eigenvalue weighted by atomic mass is 16.4. The highest BCUT2D eigenvalue weighted by molar-refractivity contribution is 5.90. The van der Waals surface area contributed by atoms with Gasteiger partial charge in [-0.15, -0.1) is 5.10 Å². The fraction of sp³-hybridized carbons (Fsp3) is 0.667. The molecule has 1 aromatic heterocycles. The molecule has 8 heteroatoms. The van der Waals surface area contributed by atoms with Crippen LogP contribution in [0.3, 0.4) is 0 Å².